The summed E-state index contributed by atoms with van der Waals surface area (Å²) in [5.74, 6) is -0.252. The molecule has 1 amide bonds. The monoisotopic (exact) mass is 227 g/mol. The van der Waals surface area contributed by atoms with Gasteiger partial charge in [-0.1, -0.05) is 29.8 Å². The van der Waals surface area contributed by atoms with Gasteiger partial charge in [0.1, 0.15) is 5.69 Å². The van der Waals surface area contributed by atoms with Crippen LogP contribution in [-0.2, 0) is 0 Å². The molecule has 86 valence electrons. The normalized spacial score (nSPS) is 10.6. The van der Waals surface area contributed by atoms with Crippen molar-refractivity contribution in [1.29, 1.82) is 0 Å². The number of amides is 1. The van der Waals surface area contributed by atoms with Crippen LogP contribution in [0.4, 0.5) is 0 Å². The standard InChI is InChI=1S/C13H13N3O/c1-10-4-6-11(7-5-10)9-15-16-13(17)12-3-2-8-14-12/h2-9,14H,1H3,(H,16,17)/b15-9-. The lowest BCUT2D eigenvalue weighted by Crippen LogP contribution is -2.17. The first-order chi connectivity index (χ1) is 8.25. The van der Waals surface area contributed by atoms with E-state index in [0.717, 1.165) is 5.56 Å². The molecule has 0 aliphatic carbocycles. The van der Waals surface area contributed by atoms with Gasteiger partial charge in [-0.2, -0.15) is 5.10 Å². The summed E-state index contributed by atoms with van der Waals surface area (Å²) in [5, 5.41) is 3.88. The predicted molar refractivity (Wildman–Crippen MR) is 67.0 cm³/mol. The Morgan fingerprint density at radius 1 is 1.29 bits per heavy atom. The Bertz CT molecular complexity index is 512. The van der Waals surface area contributed by atoms with Crippen LogP contribution in [-0.4, -0.2) is 17.1 Å². The summed E-state index contributed by atoms with van der Waals surface area (Å²) >= 11 is 0. The van der Waals surface area contributed by atoms with E-state index >= 15 is 0 Å². The molecule has 0 saturated heterocycles. The molecule has 17 heavy (non-hydrogen) atoms. The zero-order valence-electron chi connectivity index (χ0n) is 9.47. The van der Waals surface area contributed by atoms with Crippen molar-refractivity contribution < 1.29 is 4.79 Å². The van der Waals surface area contributed by atoms with Crippen molar-refractivity contribution in [1.82, 2.24) is 10.4 Å². The lowest BCUT2D eigenvalue weighted by Gasteiger charge is -1.97. The number of hydrogen-bond acceptors (Lipinski definition) is 2. The van der Waals surface area contributed by atoms with Crippen LogP contribution in [0.2, 0.25) is 0 Å². The summed E-state index contributed by atoms with van der Waals surface area (Å²) in [6.45, 7) is 2.02. The van der Waals surface area contributed by atoms with E-state index in [0.29, 0.717) is 5.69 Å². The molecule has 2 rings (SSSR count). The number of rotatable bonds is 3. The third kappa shape index (κ3) is 3.04. The quantitative estimate of drug-likeness (QED) is 0.612. The van der Waals surface area contributed by atoms with Crippen LogP contribution < -0.4 is 5.43 Å². The van der Waals surface area contributed by atoms with E-state index in [1.807, 2.05) is 31.2 Å². The fourth-order valence-corrected chi connectivity index (χ4v) is 1.35. The molecule has 0 fully saturated rings. The van der Waals surface area contributed by atoms with Gasteiger partial charge in [-0.25, -0.2) is 5.43 Å². The number of H-pyrrole nitrogens is 1. The lowest BCUT2D eigenvalue weighted by atomic mass is 10.2. The Morgan fingerprint density at radius 2 is 2.06 bits per heavy atom. The Morgan fingerprint density at radius 3 is 2.71 bits per heavy atom. The van der Waals surface area contributed by atoms with Crippen molar-refractivity contribution in [2.45, 2.75) is 6.92 Å². The van der Waals surface area contributed by atoms with Crippen molar-refractivity contribution in [3.63, 3.8) is 0 Å². The van der Waals surface area contributed by atoms with Crippen molar-refractivity contribution in [2.24, 2.45) is 5.10 Å². The van der Waals surface area contributed by atoms with Crippen LogP contribution in [0.5, 0.6) is 0 Å². The van der Waals surface area contributed by atoms with E-state index in [1.165, 1.54) is 5.56 Å². The molecule has 1 heterocycles. The minimum Gasteiger partial charge on any atom is -0.357 e. The number of hydrogen-bond donors (Lipinski definition) is 2. The molecule has 0 unspecified atom stereocenters. The van der Waals surface area contributed by atoms with Crippen LogP contribution in [0.3, 0.4) is 0 Å². The Hall–Kier alpha value is -2.36. The molecular weight excluding hydrogens is 214 g/mol. The molecule has 0 bridgehead atoms. The first-order valence-corrected chi connectivity index (χ1v) is 5.29. The molecule has 0 atom stereocenters. The number of aromatic nitrogens is 1. The minimum absolute atomic E-state index is 0.252. The topological polar surface area (TPSA) is 57.2 Å². The highest BCUT2D eigenvalue weighted by Crippen LogP contribution is 2.00. The summed E-state index contributed by atoms with van der Waals surface area (Å²) < 4.78 is 0. The third-order valence-electron chi connectivity index (χ3n) is 2.30. The van der Waals surface area contributed by atoms with E-state index in [2.05, 4.69) is 15.5 Å². The van der Waals surface area contributed by atoms with Gasteiger partial charge in [0, 0.05) is 6.20 Å². The fourth-order valence-electron chi connectivity index (χ4n) is 1.35. The summed E-state index contributed by atoms with van der Waals surface area (Å²) in [6.07, 6.45) is 3.30. The van der Waals surface area contributed by atoms with Crippen LogP contribution in [0, 0.1) is 6.92 Å². The number of nitrogens with zero attached hydrogens (tertiary/aromatic N) is 1. The fraction of sp³-hybridized carbons (Fsp3) is 0.0769. The molecule has 4 heteroatoms. The van der Waals surface area contributed by atoms with Gasteiger partial charge in [0.25, 0.3) is 5.91 Å². The van der Waals surface area contributed by atoms with Gasteiger partial charge < -0.3 is 4.98 Å². The summed E-state index contributed by atoms with van der Waals surface area (Å²) in [6, 6.07) is 11.3. The van der Waals surface area contributed by atoms with Crippen molar-refractivity contribution in [3.05, 3.63) is 59.4 Å². The van der Waals surface area contributed by atoms with Crippen molar-refractivity contribution >= 4 is 12.1 Å². The summed E-state index contributed by atoms with van der Waals surface area (Å²) in [7, 11) is 0. The second-order valence-electron chi connectivity index (χ2n) is 3.69. The van der Waals surface area contributed by atoms with Crippen molar-refractivity contribution in [2.75, 3.05) is 0 Å². The Kier molecular flexibility index (Phi) is 3.35. The highest BCUT2D eigenvalue weighted by Gasteiger charge is 2.02. The molecule has 0 radical (unpaired) electrons. The van der Waals surface area contributed by atoms with Gasteiger partial charge in [0.05, 0.1) is 6.21 Å². The molecule has 0 aliphatic rings. The second-order valence-corrected chi connectivity index (χ2v) is 3.69. The number of benzene rings is 1. The number of aryl methyl sites for hydroxylation is 1. The van der Waals surface area contributed by atoms with Crippen LogP contribution >= 0.6 is 0 Å². The molecule has 0 aliphatic heterocycles. The molecule has 2 N–H and O–H groups in total. The van der Waals surface area contributed by atoms with E-state index in [1.54, 1.807) is 24.5 Å². The average Bonchev–Trinajstić information content (AvgIpc) is 2.85. The van der Waals surface area contributed by atoms with Crippen LogP contribution in [0.25, 0.3) is 0 Å². The highest BCUT2D eigenvalue weighted by molar-refractivity contribution is 5.93. The molecule has 1 aromatic carbocycles. The van der Waals surface area contributed by atoms with E-state index in [-0.39, 0.29) is 5.91 Å². The molecule has 2 aromatic rings. The van der Waals surface area contributed by atoms with Crippen LogP contribution in [0.15, 0.2) is 47.7 Å². The maximum Gasteiger partial charge on any atom is 0.287 e. The van der Waals surface area contributed by atoms with Gasteiger partial charge in [-0.05, 0) is 24.6 Å². The summed E-state index contributed by atoms with van der Waals surface area (Å²) in [4.78, 5) is 14.3. The zero-order valence-corrected chi connectivity index (χ0v) is 9.47. The van der Waals surface area contributed by atoms with Gasteiger partial charge in [0.2, 0.25) is 0 Å². The zero-order chi connectivity index (χ0) is 12.1. The number of carbonyl (C=O) groups excluding carboxylic acids is 1. The molecule has 1 aromatic heterocycles. The predicted octanol–water partition coefficient (Wildman–Crippen LogP) is 2.09. The Balaban J connectivity index is 1.94. The maximum absolute atomic E-state index is 11.5. The number of carbonyl (C=O) groups is 1. The number of nitrogens with one attached hydrogen (secondary N) is 2. The van der Waals surface area contributed by atoms with Gasteiger partial charge in [-0.15, -0.1) is 0 Å². The summed E-state index contributed by atoms with van der Waals surface area (Å²) in [5.41, 5.74) is 5.08. The van der Waals surface area contributed by atoms with Gasteiger partial charge >= 0.3 is 0 Å². The van der Waals surface area contributed by atoms with E-state index < -0.39 is 0 Å². The smallest absolute Gasteiger partial charge is 0.287 e. The second kappa shape index (κ2) is 5.12. The maximum atomic E-state index is 11.5. The van der Waals surface area contributed by atoms with Crippen molar-refractivity contribution in [3.8, 4) is 0 Å². The highest BCUT2D eigenvalue weighted by atomic mass is 16.2. The largest absolute Gasteiger partial charge is 0.357 e. The SMILES string of the molecule is Cc1ccc(/C=N\NC(=O)c2ccc[nH]2)cc1. The average molecular weight is 227 g/mol. The number of hydrazone groups is 1. The Labute approximate surface area is 99.4 Å². The van der Waals surface area contributed by atoms with Crippen LogP contribution in [0.1, 0.15) is 21.6 Å². The molecule has 4 nitrogen and oxygen atoms in total. The molecular formula is C13H13N3O. The van der Waals surface area contributed by atoms with E-state index in [9.17, 15) is 4.79 Å². The molecule has 0 spiro atoms. The molecule has 0 saturated carbocycles. The first-order valence-electron chi connectivity index (χ1n) is 5.29. The third-order valence-corrected chi connectivity index (χ3v) is 2.30. The minimum atomic E-state index is -0.252. The van der Waals surface area contributed by atoms with E-state index in [4.69, 9.17) is 0 Å². The lowest BCUT2D eigenvalue weighted by molar-refractivity contribution is 0.0951. The first kappa shape index (κ1) is 11.1. The van der Waals surface area contributed by atoms with Gasteiger partial charge in [-0.3, -0.25) is 4.79 Å². The van der Waals surface area contributed by atoms with Gasteiger partial charge in [0.15, 0.2) is 0 Å². The number of aromatic amines is 1.